The second-order valence-corrected chi connectivity index (χ2v) is 38.9. The van der Waals surface area contributed by atoms with E-state index in [-0.39, 0.29) is 6.04 Å². The van der Waals surface area contributed by atoms with Crippen LogP contribution in [-0.2, 0) is 0 Å². The van der Waals surface area contributed by atoms with Crippen molar-refractivity contribution in [1.82, 2.24) is 22.8 Å². The Hall–Kier alpha value is -19.8. The smallest absolute Gasteiger partial charge is 0.213 e. The van der Waals surface area contributed by atoms with Gasteiger partial charge in [0.25, 0.3) is 0 Å². The number of hydrogen-bond donors (Lipinski definition) is 0. The normalized spacial score (nSPS) is 12.2. The van der Waals surface area contributed by atoms with Crippen LogP contribution in [0.25, 0.3) is 249 Å². The maximum Gasteiger partial charge on any atom is 0.213 e. The number of hydrogen-bond acceptors (Lipinski definition) is 0. The molecule has 0 radical (unpaired) electrons. The van der Waals surface area contributed by atoms with E-state index in [9.17, 15) is 0 Å². The van der Waals surface area contributed by atoms with Crippen LogP contribution in [-0.4, -0.2) is 22.8 Å². The number of fused-ring (bicyclic) bond motifs is 18. The van der Waals surface area contributed by atoms with Crippen molar-refractivity contribution < 1.29 is 4.57 Å². The van der Waals surface area contributed by atoms with Crippen LogP contribution in [0.4, 0.5) is 0 Å². The van der Waals surface area contributed by atoms with Gasteiger partial charge in [-0.25, -0.2) is 0 Å². The van der Waals surface area contributed by atoms with Crippen molar-refractivity contribution in [1.29, 1.82) is 0 Å². The SMILES string of the molecule is c1cc(-c2ccccc2-c2ccccc2-c2cccc(-n3c4ccccc4c4ccccc43)c2)cc(C2c3ccccc3-c3cccc[n+]32)c1.c1ccc(-c2ccccc2-c2ccc(-n3c4ccccc4c4ccccc43)cc2)c(-c2ccc(-n3c4ccccc4c4ccccc43)cc2)c1.c1ccc(-c2ccccc2-n2c3ccccc3c3ccccc32)c(-c2ccccc2-c2ccccc2-n2c3ccccc3c3ccccc32)c1. The van der Waals surface area contributed by atoms with Gasteiger partial charge in [-0.05, 0) is 216 Å². The van der Waals surface area contributed by atoms with E-state index >= 15 is 0 Å². The Balaban J connectivity index is 0.000000108. The van der Waals surface area contributed by atoms with Gasteiger partial charge < -0.3 is 22.8 Å². The molecule has 1 unspecified atom stereocenters. The van der Waals surface area contributed by atoms with Gasteiger partial charge in [-0.1, -0.05) is 437 Å². The van der Waals surface area contributed by atoms with E-state index in [1.807, 2.05) is 0 Å². The quantitative estimate of drug-likeness (QED) is 0.0916. The summed E-state index contributed by atoms with van der Waals surface area (Å²) in [6.07, 6.45) is 2.21. The molecule has 29 aromatic rings. The van der Waals surface area contributed by atoms with E-state index in [4.69, 9.17) is 0 Å². The first-order valence-corrected chi connectivity index (χ1v) is 51.7. The largest absolute Gasteiger partial charge is 0.309 e. The highest BCUT2D eigenvalue weighted by Gasteiger charge is 2.38. The van der Waals surface area contributed by atoms with Gasteiger partial charge in [0, 0.05) is 105 Å². The highest BCUT2D eigenvalue weighted by molar-refractivity contribution is 6.15. The van der Waals surface area contributed by atoms with Gasteiger partial charge in [-0.15, -0.1) is 0 Å². The van der Waals surface area contributed by atoms with Crippen molar-refractivity contribution in [3.63, 3.8) is 0 Å². The molecule has 7 heterocycles. The molecular weight excluding hydrogens is 1810 g/mol. The second-order valence-electron chi connectivity index (χ2n) is 38.9. The summed E-state index contributed by atoms with van der Waals surface area (Å²) in [5.74, 6) is 0. The van der Waals surface area contributed by atoms with E-state index in [0.29, 0.717) is 0 Å². The van der Waals surface area contributed by atoms with Crippen molar-refractivity contribution in [2.45, 2.75) is 6.04 Å². The molecule has 0 fully saturated rings. The van der Waals surface area contributed by atoms with Crippen molar-refractivity contribution in [3.05, 3.63) is 594 Å². The minimum atomic E-state index is 0.130. The predicted octanol–water partition coefficient (Wildman–Crippen LogP) is 37.5. The Morgan fingerprint density at radius 3 is 0.707 bits per heavy atom. The monoisotopic (exact) mass is 1910 g/mol. The molecule has 6 nitrogen and oxygen atoms in total. The molecule has 1 aliphatic heterocycles. The summed E-state index contributed by atoms with van der Waals surface area (Å²) in [7, 11) is 0. The predicted molar refractivity (Wildman–Crippen MR) is 629 cm³/mol. The van der Waals surface area contributed by atoms with E-state index in [1.54, 1.807) is 0 Å². The Bertz CT molecular complexity index is 9620. The summed E-state index contributed by atoms with van der Waals surface area (Å²) in [4.78, 5) is 0. The van der Waals surface area contributed by atoms with E-state index in [2.05, 4.69) is 610 Å². The molecule has 6 aromatic heterocycles. The third-order valence-corrected chi connectivity index (χ3v) is 30.7. The zero-order valence-corrected chi connectivity index (χ0v) is 82.2. The van der Waals surface area contributed by atoms with Crippen LogP contribution in [0.2, 0.25) is 0 Å². The molecule has 0 N–H and O–H groups in total. The van der Waals surface area contributed by atoms with Gasteiger partial charge in [0.05, 0.1) is 72.1 Å². The number of para-hydroxylation sites is 12. The lowest BCUT2D eigenvalue weighted by Gasteiger charge is -2.20. The van der Waals surface area contributed by atoms with Gasteiger partial charge in [0.2, 0.25) is 11.7 Å². The molecular formula is C144H97N6+. The number of benzene rings is 23. The van der Waals surface area contributed by atoms with Crippen molar-refractivity contribution in [2.75, 3.05) is 0 Å². The minimum Gasteiger partial charge on any atom is -0.309 e. The average molecular weight is 1910 g/mol. The lowest BCUT2D eigenvalue weighted by atomic mass is 9.88. The van der Waals surface area contributed by atoms with Crippen molar-refractivity contribution in [3.8, 4) is 140 Å². The molecule has 702 valence electrons. The summed E-state index contributed by atoms with van der Waals surface area (Å²) in [5, 5.41) is 12.7. The molecule has 0 spiro atoms. The fourth-order valence-corrected chi connectivity index (χ4v) is 24.2. The molecule has 0 saturated carbocycles. The zero-order valence-electron chi connectivity index (χ0n) is 82.2. The van der Waals surface area contributed by atoms with Crippen LogP contribution in [0.5, 0.6) is 0 Å². The van der Waals surface area contributed by atoms with Crippen LogP contribution in [0.1, 0.15) is 17.2 Å². The number of pyridine rings is 1. The molecule has 150 heavy (non-hydrogen) atoms. The second kappa shape index (κ2) is 37.4. The molecule has 30 rings (SSSR count). The van der Waals surface area contributed by atoms with Crippen LogP contribution in [0.15, 0.2) is 583 Å². The molecule has 0 saturated heterocycles. The molecule has 0 bridgehead atoms. The van der Waals surface area contributed by atoms with Crippen molar-refractivity contribution in [2.24, 2.45) is 0 Å². The Morgan fingerprint density at radius 2 is 0.373 bits per heavy atom. The number of aromatic nitrogens is 6. The standard InChI is InChI=1S/2C48H32N2.C48H33N2/c1-3-19-35(37-21-5-11-27-43(37)49-45-29-13-7-23-39(45)40-24-8-14-30-46(40)49)33(17-1)34-18-2-4-20-36(34)38-22-6-12-28-44(38)50-47-31-15-9-25-41(47)42-26-10-16-32-48(42)50;1-3-15-39(37(13-1)33-25-29-35(30-26-33)49-45-21-9-5-17-41(45)42-18-6-10-22-46(42)49)40-16-4-2-14-38(40)34-27-31-36(32-28-34)50-47-23-11-7-19-43(47)44-20-8-12-24-48(44)50;1-3-21-39(37(19-1)33-15-13-17-35(31-33)48-44-26-6-5-25-43(44)45-27-11-12-30-49(45)48)40-22-4-2-20-38(40)34-16-14-18-36(32-34)50-46-28-9-7-23-41(46)42-24-8-10-29-47(42)50/h2*1-32H;1-32,48H/q;;+1. The highest BCUT2D eigenvalue weighted by Crippen LogP contribution is 2.50. The third-order valence-electron chi connectivity index (χ3n) is 30.7. The summed E-state index contributed by atoms with van der Waals surface area (Å²) in [5.41, 5.74) is 44.9. The van der Waals surface area contributed by atoms with Gasteiger partial charge in [0.1, 0.15) is 0 Å². The molecule has 6 heteroatoms. The summed E-state index contributed by atoms with van der Waals surface area (Å²) in [6, 6.07) is 209. The third kappa shape index (κ3) is 15.0. The lowest BCUT2D eigenvalue weighted by molar-refractivity contribution is -0.688. The first kappa shape index (κ1) is 88.0. The van der Waals surface area contributed by atoms with E-state index < -0.39 is 0 Å². The summed E-state index contributed by atoms with van der Waals surface area (Å²) >= 11 is 0. The number of rotatable bonds is 15. The zero-order chi connectivity index (χ0) is 99.1. The molecule has 1 atom stereocenters. The molecule has 0 aliphatic carbocycles. The van der Waals surface area contributed by atoms with Gasteiger partial charge in [-0.2, -0.15) is 4.57 Å². The fourth-order valence-electron chi connectivity index (χ4n) is 24.2. The van der Waals surface area contributed by atoms with Crippen LogP contribution in [0.3, 0.4) is 0 Å². The Kier molecular flexibility index (Phi) is 21.9. The fraction of sp³-hybridized carbons (Fsp3) is 0.00694. The average Bonchev–Trinajstić information content (AvgIpc) is 1.61. The maximum absolute atomic E-state index is 2.43. The van der Waals surface area contributed by atoms with Gasteiger partial charge >= 0.3 is 0 Å². The topological polar surface area (TPSA) is 28.5 Å². The van der Waals surface area contributed by atoms with Gasteiger partial charge in [0.15, 0.2) is 6.20 Å². The van der Waals surface area contributed by atoms with E-state index in [1.165, 1.54) is 243 Å². The minimum absolute atomic E-state index is 0.130. The first-order chi connectivity index (χ1) is 74.5. The van der Waals surface area contributed by atoms with E-state index in [0.717, 1.165) is 17.1 Å². The molecule has 1 aliphatic rings. The number of nitrogens with zero attached hydrogens (tertiary/aromatic N) is 6. The van der Waals surface area contributed by atoms with Crippen molar-refractivity contribution >= 4 is 109 Å². The van der Waals surface area contributed by atoms with Crippen LogP contribution < -0.4 is 4.57 Å². The maximum atomic E-state index is 2.43. The first-order valence-electron chi connectivity index (χ1n) is 51.7. The molecule has 0 amide bonds. The van der Waals surface area contributed by atoms with Gasteiger partial charge in [-0.3, -0.25) is 0 Å². The van der Waals surface area contributed by atoms with Crippen LogP contribution in [0, 0.1) is 0 Å². The van der Waals surface area contributed by atoms with Crippen LogP contribution >= 0.6 is 0 Å². The lowest BCUT2D eigenvalue weighted by Crippen LogP contribution is -2.38. The Morgan fingerprint density at radius 1 is 0.140 bits per heavy atom. The Labute approximate surface area is 869 Å². The summed E-state index contributed by atoms with van der Waals surface area (Å²) in [6.45, 7) is 0. The summed E-state index contributed by atoms with van der Waals surface area (Å²) < 4.78 is 14.4. The molecule has 23 aromatic carbocycles. The highest BCUT2D eigenvalue weighted by atomic mass is 15.0.